The van der Waals surface area contributed by atoms with Crippen LogP contribution in [-0.4, -0.2) is 62.6 Å². The Labute approximate surface area is 199 Å². The first-order chi connectivity index (χ1) is 15.7. The van der Waals surface area contributed by atoms with Crippen molar-refractivity contribution in [2.45, 2.75) is 60.0 Å². The van der Waals surface area contributed by atoms with Crippen LogP contribution in [0.1, 0.15) is 55.9 Å². The first-order valence-electron chi connectivity index (χ1n) is 12.3. The van der Waals surface area contributed by atoms with Crippen molar-refractivity contribution in [3.05, 3.63) is 64.6 Å². The second kappa shape index (κ2) is 9.78. The zero-order valence-electron chi connectivity index (χ0n) is 21.2. The lowest BCUT2D eigenvalue weighted by Crippen LogP contribution is -2.53. The quantitative estimate of drug-likeness (QED) is 0.530. The minimum absolute atomic E-state index is 0.276. The average Bonchev–Trinajstić information content (AvgIpc) is 3.12. The van der Waals surface area contributed by atoms with Gasteiger partial charge in [-0.2, -0.15) is 0 Å². The van der Waals surface area contributed by atoms with Gasteiger partial charge < -0.3 is 4.57 Å². The first-order valence-corrected chi connectivity index (χ1v) is 12.3. The highest BCUT2D eigenvalue weighted by molar-refractivity contribution is 5.76. The van der Waals surface area contributed by atoms with Crippen molar-refractivity contribution >= 4 is 17.2 Å². The molecule has 1 aliphatic heterocycles. The predicted molar refractivity (Wildman–Crippen MR) is 139 cm³/mol. The fraction of sp³-hybridized carbons (Fsp3) is 0.500. The van der Waals surface area contributed by atoms with E-state index in [1.807, 2.05) is 0 Å². The number of benzene rings is 1. The number of aryl methyl sites for hydroxylation is 3. The van der Waals surface area contributed by atoms with Gasteiger partial charge in [-0.05, 0) is 57.4 Å². The Hall–Kier alpha value is -2.50. The number of pyridine rings is 1. The molecule has 1 aliphatic rings. The van der Waals surface area contributed by atoms with Crippen LogP contribution in [0, 0.1) is 13.8 Å². The van der Waals surface area contributed by atoms with Crippen molar-refractivity contribution in [3.63, 3.8) is 0 Å². The van der Waals surface area contributed by atoms with Gasteiger partial charge in [-0.3, -0.25) is 9.80 Å². The zero-order valence-corrected chi connectivity index (χ0v) is 21.2. The smallest absolute Gasteiger partial charge is 0.160 e. The highest BCUT2D eigenvalue weighted by Gasteiger charge is 2.25. The van der Waals surface area contributed by atoms with Gasteiger partial charge in [-0.15, -0.1) is 0 Å². The van der Waals surface area contributed by atoms with Crippen LogP contribution in [-0.2, 0) is 13.0 Å². The Bertz CT molecular complexity index is 1110. The van der Waals surface area contributed by atoms with E-state index >= 15 is 0 Å². The minimum Gasteiger partial charge on any atom is -0.308 e. The third-order valence-electron chi connectivity index (χ3n) is 6.73. The molecule has 176 valence electrons. The molecule has 0 radical (unpaired) electrons. The van der Waals surface area contributed by atoms with E-state index in [-0.39, 0.29) is 5.54 Å². The van der Waals surface area contributed by atoms with Crippen LogP contribution < -0.4 is 0 Å². The molecule has 0 bridgehead atoms. The summed E-state index contributed by atoms with van der Waals surface area (Å²) >= 11 is 0. The van der Waals surface area contributed by atoms with Gasteiger partial charge in [0.25, 0.3) is 0 Å². The SMILES string of the molecule is CCc1nc2c(C)cc(C)nc2n1Cc1ccc(C=CCN2CCN(C(C)(C)C)CC2)cc1. The standard InChI is InChI=1S/C28H39N5/c1-7-25-30-26-21(2)19-22(3)29-27(26)33(25)20-24-12-10-23(11-13-24)9-8-14-31-15-17-32(18-16-31)28(4,5)6/h8-13,19H,7,14-18,20H2,1-6H3. The number of fused-ring (bicyclic) bond motifs is 1. The van der Waals surface area contributed by atoms with E-state index < -0.39 is 0 Å². The third-order valence-corrected chi connectivity index (χ3v) is 6.73. The van der Waals surface area contributed by atoms with Crippen LogP contribution in [0.5, 0.6) is 0 Å². The predicted octanol–water partition coefficient (Wildman–Crippen LogP) is 5.09. The van der Waals surface area contributed by atoms with Crippen LogP contribution in [0.4, 0.5) is 0 Å². The molecule has 3 aromatic rings. The molecule has 0 atom stereocenters. The molecule has 0 unspecified atom stereocenters. The van der Waals surface area contributed by atoms with Crippen molar-refractivity contribution in [1.82, 2.24) is 24.3 Å². The molecule has 0 N–H and O–H groups in total. The molecule has 0 spiro atoms. The Balaban J connectivity index is 1.39. The molecule has 33 heavy (non-hydrogen) atoms. The molecular weight excluding hydrogens is 406 g/mol. The number of hydrogen-bond acceptors (Lipinski definition) is 4. The molecule has 3 heterocycles. The van der Waals surface area contributed by atoms with E-state index in [2.05, 4.69) is 98.4 Å². The van der Waals surface area contributed by atoms with Crippen molar-refractivity contribution in [3.8, 4) is 0 Å². The fourth-order valence-corrected chi connectivity index (χ4v) is 4.74. The lowest BCUT2D eigenvalue weighted by molar-refractivity contribution is 0.0675. The zero-order chi connectivity index (χ0) is 23.6. The van der Waals surface area contributed by atoms with Gasteiger partial charge in [0, 0.05) is 50.4 Å². The molecule has 1 aromatic carbocycles. The van der Waals surface area contributed by atoms with Gasteiger partial charge in [-0.1, -0.05) is 43.3 Å². The van der Waals surface area contributed by atoms with Crippen LogP contribution in [0.15, 0.2) is 36.4 Å². The largest absolute Gasteiger partial charge is 0.308 e. The van der Waals surface area contributed by atoms with Crippen LogP contribution in [0.3, 0.4) is 0 Å². The van der Waals surface area contributed by atoms with Crippen LogP contribution in [0.2, 0.25) is 0 Å². The molecule has 5 nitrogen and oxygen atoms in total. The number of nitrogens with zero attached hydrogens (tertiary/aromatic N) is 5. The van der Waals surface area contributed by atoms with E-state index in [1.165, 1.54) is 16.7 Å². The summed E-state index contributed by atoms with van der Waals surface area (Å²) in [6, 6.07) is 11.0. The molecule has 5 heteroatoms. The first kappa shape index (κ1) is 23.7. The Morgan fingerprint density at radius 1 is 0.970 bits per heavy atom. The van der Waals surface area contributed by atoms with Crippen LogP contribution in [0.25, 0.3) is 17.2 Å². The molecule has 0 aliphatic carbocycles. The second-order valence-corrected chi connectivity index (χ2v) is 10.3. The fourth-order valence-electron chi connectivity index (χ4n) is 4.74. The van der Waals surface area contributed by atoms with Crippen molar-refractivity contribution in [2.75, 3.05) is 32.7 Å². The topological polar surface area (TPSA) is 37.2 Å². The van der Waals surface area contributed by atoms with Gasteiger partial charge in [0.15, 0.2) is 5.65 Å². The van der Waals surface area contributed by atoms with Gasteiger partial charge in [0.05, 0.1) is 6.54 Å². The number of imidazole rings is 1. The number of hydrogen-bond donors (Lipinski definition) is 0. The molecular formula is C28H39N5. The van der Waals surface area contributed by atoms with Gasteiger partial charge >= 0.3 is 0 Å². The highest BCUT2D eigenvalue weighted by Crippen LogP contribution is 2.21. The van der Waals surface area contributed by atoms with Gasteiger partial charge in [0.2, 0.25) is 0 Å². The summed E-state index contributed by atoms with van der Waals surface area (Å²) in [5.41, 5.74) is 7.08. The summed E-state index contributed by atoms with van der Waals surface area (Å²) in [4.78, 5) is 14.8. The van der Waals surface area contributed by atoms with Crippen LogP contribution >= 0.6 is 0 Å². The number of piperazine rings is 1. The lowest BCUT2D eigenvalue weighted by Gasteiger charge is -2.42. The maximum atomic E-state index is 4.87. The average molecular weight is 446 g/mol. The van der Waals surface area contributed by atoms with Crippen molar-refractivity contribution in [1.29, 1.82) is 0 Å². The molecule has 4 rings (SSSR count). The second-order valence-electron chi connectivity index (χ2n) is 10.3. The Morgan fingerprint density at radius 3 is 2.30 bits per heavy atom. The third kappa shape index (κ3) is 5.53. The lowest BCUT2D eigenvalue weighted by atomic mass is 10.0. The van der Waals surface area contributed by atoms with Gasteiger partial charge in [0.1, 0.15) is 11.3 Å². The van der Waals surface area contributed by atoms with E-state index in [0.717, 1.165) is 68.4 Å². The molecule has 1 saturated heterocycles. The van der Waals surface area contributed by atoms with E-state index in [0.29, 0.717) is 0 Å². The van der Waals surface area contributed by atoms with E-state index in [4.69, 9.17) is 9.97 Å². The van der Waals surface area contributed by atoms with Gasteiger partial charge in [-0.25, -0.2) is 9.97 Å². The summed E-state index contributed by atoms with van der Waals surface area (Å²) in [6.07, 6.45) is 5.45. The normalized spacial score (nSPS) is 16.3. The van der Waals surface area contributed by atoms with Crippen molar-refractivity contribution < 1.29 is 0 Å². The molecule has 2 aromatic heterocycles. The summed E-state index contributed by atoms with van der Waals surface area (Å²) in [7, 11) is 0. The molecule has 0 amide bonds. The van der Waals surface area contributed by atoms with E-state index in [1.54, 1.807) is 0 Å². The summed E-state index contributed by atoms with van der Waals surface area (Å²) in [5.74, 6) is 1.10. The monoisotopic (exact) mass is 445 g/mol. The molecule has 1 fully saturated rings. The molecule has 0 saturated carbocycles. The number of aromatic nitrogens is 3. The summed E-state index contributed by atoms with van der Waals surface area (Å²) in [5, 5.41) is 0. The Morgan fingerprint density at radius 2 is 1.67 bits per heavy atom. The highest BCUT2D eigenvalue weighted by atomic mass is 15.3. The minimum atomic E-state index is 0.276. The Kier molecular flexibility index (Phi) is 7.01. The number of rotatable bonds is 6. The summed E-state index contributed by atoms with van der Waals surface area (Å²) < 4.78 is 2.28. The van der Waals surface area contributed by atoms with Crippen molar-refractivity contribution in [2.24, 2.45) is 0 Å². The maximum Gasteiger partial charge on any atom is 0.160 e. The van der Waals surface area contributed by atoms with E-state index in [9.17, 15) is 0 Å². The maximum absolute atomic E-state index is 4.87. The summed E-state index contributed by atoms with van der Waals surface area (Å²) in [6.45, 7) is 19.7.